The van der Waals surface area contributed by atoms with E-state index in [2.05, 4.69) is 114 Å². The molecule has 6 aromatic carbocycles. The Labute approximate surface area is 357 Å². The molecule has 0 saturated carbocycles. The number of nitrogens with zero attached hydrogens (tertiary/aromatic N) is 1. The molecular formula is C54H51NO6. The van der Waals surface area contributed by atoms with E-state index in [1.54, 1.807) is 11.0 Å². The fourth-order valence-electron chi connectivity index (χ4n) is 11.0. The Morgan fingerprint density at radius 2 is 1.36 bits per heavy atom. The van der Waals surface area contributed by atoms with Crippen molar-refractivity contribution in [1.82, 2.24) is 0 Å². The highest BCUT2D eigenvalue weighted by Gasteiger charge is 2.51. The molecule has 0 aromatic heterocycles. The van der Waals surface area contributed by atoms with Crippen molar-refractivity contribution in [2.45, 2.75) is 69.6 Å². The molecule has 1 spiro atoms. The van der Waals surface area contributed by atoms with Gasteiger partial charge in [0.15, 0.2) is 11.5 Å². The second-order valence-corrected chi connectivity index (χ2v) is 18.0. The van der Waals surface area contributed by atoms with Crippen LogP contribution in [0.1, 0.15) is 85.4 Å². The average Bonchev–Trinajstić information content (AvgIpc) is 3.68. The van der Waals surface area contributed by atoms with E-state index in [0.717, 1.165) is 63.1 Å². The highest BCUT2D eigenvalue weighted by Crippen LogP contribution is 2.63. The summed E-state index contributed by atoms with van der Waals surface area (Å²) < 4.78 is 6.44. The number of ether oxygens (including phenoxy) is 1. The van der Waals surface area contributed by atoms with Crippen LogP contribution in [0.15, 0.2) is 146 Å². The summed E-state index contributed by atoms with van der Waals surface area (Å²) in [5, 5.41) is 56.6. The van der Waals surface area contributed by atoms with E-state index < -0.39 is 39.6 Å². The second kappa shape index (κ2) is 14.4. The van der Waals surface area contributed by atoms with Crippen LogP contribution in [0.4, 0.5) is 17.1 Å². The monoisotopic (exact) mass is 809 g/mol. The molecule has 7 nitrogen and oxygen atoms in total. The molecule has 7 heteroatoms. The summed E-state index contributed by atoms with van der Waals surface area (Å²) in [6.07, 6.45) is 9.48. The zero-order valence-electron chi connectivity index (χ0n) is 35.2. The van der Waals surface area contributed by atoms with E-state index in [0.29, 0.717) is 18.0 Å². The summed E-state index contributed by atoms with van der Waals surface area (Å²) in [6.45, 7) is 15.4. The van der Waals surface area contributed by atoms with Crippen LogP contribution in [0, 0.1) is 6.92 Å². The normalized spacial score (nSPS) is 19.0. The van der Waals surface area contributed by atoms with Crippen molar-refractivity contribution in [2.24, 2.45) is 0 Å². The fraction of sp³-hybridized carbons (Fsp3) is 0.222. The fourth-order valence-corrected chi connectivity index (χ4v) is 11.0. The Kier molecular flexibility index (Phi) is 9.35. The number of para-hydroxylation sites is 1. The first kappa shape index (κ1) is 39.6. The third-order valence-electron chi connectivity index (χ3n) is 13.4. The maximum atomic E-state index is 11.8. The van der Waals surface area contributed by atoms with Gasteiger partial charge in [0.25, 0.3) is 0 Å². The van der Waals surface area contributed by atoms with Crippen molar-refractivity contribution in [3.63, 3.8) is 0 Å². The first-order valence-electron chi connectivity index (χ1n) is 20.9. The minimum Gasteiger partial charge on any atom is -0.503 e. The number of aryl methyl sites for hydroxylation is 1. The number of hydrogen-bond donors (Lipinski definition) is 5. The number of aromatic hydroxyl groups is 5. The quantitative estimate of drug-likeness (QED) is 0.0591. The number of benzene rings is 6. The van der Waals surface area contributed by atoms with E-state index in [9.17, 15) is 25.5 Å². The molecule has 9 rings (SSSR count). The number of phenolic OH excluding ortho intramolecular Hbond substituents is 5. The van der Waals surface area contributed by atoms with Crippen LogP contribution in [0.3, 0.4) is 0 Å². The number of rotatable bonds is 8. The molecule has 1 aliphatic heterocycles. The highest BCUT2D eigenvalue weighted by molar-refractivity contribution is 5.94. The molecule has 1 heterocycles. The highest BCUT2D eigenvalue weighted by atomic mass is 16.5. The maximum Gasteiger partial charge on any atom is 0.208 e. The second-order valence-electron chi connectivity index (χ2n) is 18.0. The van der Waals surface area contributed by atoms with Gasteiger partial charge in [-0.1, -0.05) is 144 Å². The van der Waals surface area contributed by atoms with Crippen molar-refractivity contribution in [2.75, 3.05) is 11.5 Å². The van der Waals surface area contributed by atoms with Crippen molar-refractivity contribution >= 4 is 17.1 Å². The standard InChI is InChI=1S/C54H51NO6/c1-7-8-9-18-34-31-61-44-25-15-14-23-41(44)54(34)40-22-13-11-20-37(40)38-27-26-35(28-42(38)54)55(46-47(56)49(58)51(60)50(59)48(46)57)43-24-16-17-32(2)45(43)53(5,6)30-33-29-52(3,4)39-21-12-10-19-36(33)39/h7-28,33,56-60H,1,29-31H2,2-6H3/b9-8-,34-18+. The zero-order chi connectivity index (χ0) is 43.0. The van der Waals surface area contributed by atoms with Gasteiger partial charge in [0.05, 0.1) is 11.1 Å². The summed E-state index contributed by atoms with van der Waals surface area (Å²) in [4.78, 5) is 1.71. The van der Waals surface area contributed by atoms with Crippen LogP contribution in [0.2, 0.25) is 0 Å². The van der Waals surface area contributed by atoms with Crippen molar-refractivity contribution in [1.29, 1.82) is 0 Å². The minimum atomic E-state index is -1.02. The number of fused-ring (bicyclic) bond motifs is 8. The van der Waals surface area contributed by atoms with Gasteiger partial charge in [-0.15, -0.1) is 0 Å². The number of anilines is 3. The van der Waals surface area contributed by atoms with Gasteiger partial charge < -0.3 is 35.2 Å². The van der Waals surface area contributed by atoms with Gasteiger partial charge in [-0.25, -0.2) is 0 Å². The molecular weight excluding hydrogens is 759 g/mol. The molecule has 61 heavy (non-hydrogen) atoms. The molecule has 2 atom stereocenters. The van der Waals surface area contributed by atoms with Gasteiger partial charge in [-0.2, -0.15) is 0 Å². The summed E-state index contributed by atoms with van der Waals surface area (Å²) in [5.74, 6) is -3.45. The minimum absolute atomic E-state index is 0.00607. The lowest BCUT2D eigenvalue weighted by molar-refractivity contribution is 0.310. The lowest BCUT2D eigenvalue weighted by atomic mass is 9.66. The predicted octanol–water partition coefficient (Wildman–Crippen LogP) is 12.5. The molecule has 0 radical (unpaired) electrons. The Bertz CT molecular complexity index is 2800. The van der Waals surface area contributed by atoms with Crippen LogP contribution in [-0.2, 0) is 16.2 Å². The van der Waals surface area contributed by atoms with Crippen molar-refractivity contribution in [3.05, 3.63) is 185 Å². The summed E-state index contributed by atoms with van der Waals surface area (Å²) in [5.41, 5.74) is 10.4. The topological polar surface area (TPSA) is 114 Å². The zero-order valence-corrected chi connectivity index (χ0v) is 35.2. The van der Waals surface area contributed by atoms with Gasteiger partial charge in [0, 0.05) is 11.3 Å². The van der Waals surface area contributed by atoms with Crippen LogP contribution >= 0.6 is 0 Å². The number of hydrogen-bond acceptors (Lipinski definition) is 7. The Balaban J connectivity index is 1.32. The van der Waals surface area contributed by atoms with Crippen LogP contribution in [0.25, 0.3) is 11.1 Å². The Morgan fingerprint density at radius 1 is 0.721 bits per heavy atom. The van der Waals surface area contributed by atoms with Gasteiger partial charge >= 0.3 is 0 Å². The van der Waals surface area contributed by atoms with E-state index in [-0.39, 0.29) is 17.0 Å². The molecule has 308 valence electrons. The van der Waals surface area contributed by atoms with Gasteiger partial charge in [-0.3, -0.25) is 0 Å². The summed E-state index contributed by atoms with van der Waals surface area (Å²) >= 11 is 0. The summed E-state index contributed by atoms with van der Waals surface area (Å²) in [6, 6.07) is 37.2. The largest absolute Gasteiger partial charge is 0.503 e. The van der Waals surface area contributed by atoms with E-state index in [1.807, 2.05) is 54.6 Å². The molecule has 0 bridgehead atoms. The van der Waals surface area contributed by atoms with Crippen molar-refractivity contribution in [3.8, 4) is 45.6 Å². The lowest BCUT2D eigenvalue weighted by Crippen LogP contribution is -2.36. The van der Waals surface area contributed by atoms with Gasteiger partial charge in [-0.05, 0) is 111 Å². The van der Waals surface area contributed by atoms with Gasteiger partial charge in [0.1, 0.15) is 18.0 Å². The number of phenols is 5. The molecule has 5 N–H and O–H groups in total. The predicted molar refractivity (Wildman–Crippen MR) is 243 cm³/mol. The first-order chi connectivity index (χ1) is 29.2. The number of allylic oxidation sites excluding steroid dienone is 4. The molecule has 3 aliphatic rings. The van der Waals surface area contributed by atoms with Crippen LogP contribution < -0.4 is 9.64 Å². The molecule has 6 aromatic rings. The van der Waals surface area contributed by atoms with E-state index >= 15 is 0 Å². The average molecular weight is 810 g/mol. The van der Waals surface area contributed by atoms with E-state index in [4.69, 9.17) is 4.74 Å². The smallest absolute Gasteiger partial charge is 0.208 e. The SMILES string of the molecule is C=C/C=C\C=C1/COc2ccccc2C12c1ccccc1-c1ccc(N(c3cccc(C)c3C(C)(C)CC3CC(C)(C)c4ccccc43)c3c(O)c(O)c(O)c(O)c3O)cc12. The molecule has 0 saturated heterocycles. The maximum absolute atomic E-state index is 11.8. The third kappa shape index (κ3) is 5.93. The molecule has 2 aliphatic carbocycles. The van der Waals surface area contributed by atoms with E-state index in [1.165, 1.54) is 11.1 Å². The Morgan fingerprint density at radius 3 is 2.10 bits per heavy atom. The summed E-state index contributed by atoms with van der Waals surface area (Å²) in [7, 11) is 0. The first-order valence-corrected chi connectivity index (χ1v) is 20.9. The third-order valence-corrected chi connectivity index (χ3v) is 13.4. The molecule has 0 amide bonds. The lowest BCUT2D eigenvalue weighted by Gasteiger charge is -2.41. The van der Waals surface area contributed by atoms with Crippen LogP contribution in [-0.4, -0.2) is 32.1 Å². The van der Waals surface area contributed by atoms with Crippen LogP contribution in [0.5, 0.6) is 34.5 Å². The Hall–Kier alpha value is -6.86. The molecule has 0 fully saturated rings. The molecule has 2 unspecified atom stereocenters. The van der Waals surface area contributed by atoms with Crippen molar-refractivity contribution < 1.29 is 30.3 Å². The van der Waals surface area contributed by atoms with Gasteiger partial charge in [0.2, 0.25) is 17.2 Å².